The van der Waals surface area contributed by atoms with Crippen LogP contribution in [0.1, 0.15) is 45.6 Å². The van der Waals surface area contributed by atoms with Crippen LogP contribution in [-0.4, -0.2) is 23.3 Å². The molecule has 1 atom stereocenters. The van der Waals surface area contributed by atoms with Crippen LogP contribution >= 0.6 is 0 Å². The third kappa shape index (κ3) is 3.78. The van der Waals surface area contributed by atoms with Crippen LogP contribution in [0.25, 0.3) is 0 Å². The van der Waals surface area contributed by atoms with Crippen LogP contribution in [0, 0.1) is 0 Å². The Morgan fingerprint density at radius 3 is 2.76 bits per heavy atom. The Morgan fingerprint density at radius 2 is 2.19 bits per heavy atom. The molecular formula is C17H22O4. The molecule has 4 nitrogen and oxygen atoms in total. The van der Waals surface area contributed by atoms with Crippen LogP contribution in [0.2, 0.25) is 0 Å². The molecule has 1 N–H and O–H groups in total. The van der Waals surface area contributed by atoms with Crippen molar-refractivity contribution in [3.8, 4) is 11.5 Å². The van der Waals surface area contributed by atoms with Crippen molar-refractivity contribution in [2.45, 2.75) is 45.6 Å². The Balaban J connectivity index is 2.34. The van der Waals surface area contributed by atoms with Crippen LogP contribution < -0.4 is 9.47 Å². The summed E-state index contributed by atoms with van der Waals surface area (Å²) in [5.74, 6) is 0.523. The highest BCUT2D eigenvalue weighted by Gasteiger charge is 2.28. The van der Waals surface area contributed by atoms with Crippen LogP contribution in [0.3, 0.4) is 0 Å². The lowest BCUT2D eigenvalue weighted by Gasteiger charge is -2.29. The number of rotatable bonds is 3. The normalized spacial score (nSPS) is 19.8. The van der Waals surface area contributed by atoms with Crippen LogP contribution in [-0.2, 0) is 4.79 Å². The van der Waals surface area contributed by atoms with Gasteiger partial charge in [-0.2, -0.15) is 0 Å². The van der Waals surface area contributed by atoms with Crippen molar-refractivity contribution in [3.05, 3.63) is 35.4 Å². The average molecular weight is 290 g/mol. The van der Waals surface area contributed by atoms with E-state index in [0.717, 1.165) is 16.9 Å². The highest BCUT2D eigenvalue weighted by molar-refractivity contribution is 5.69. The number of hydrogen-bond donors (Lipinski definition) is 1. The van der Waals surface area contributed by atoms with Crippen molar-refractivity contribution in [1.29, 1.82) is 0 Å². The SMILES string of the molecule is CC=C1COc2cc(OC(C)(C)C)ccc2C1CC(=O)O. The van der Waals surface area contributed by atoms with Gasteiger partial charge in [-0.25, -0.2) is 0 Å². The molecule has 0 bridgehead atoms. The van der Waals surface area contributed by atoms with Gasteiger partial charge in [0, 0.05) is 17.5 Å². The monoisotopic (exact) mass is 290 g/mol. The molecule has 1 aromatic carbocycles. The number of ether oxygens (including phenoxy) is 2. The molecule has 0 aliphatic carbocycles. The van der Waals surface area contributed by atoms with E-state index in [4.69, 9.17) is 14.6 Å². The molecule has 21 heavy (non-hydrogen) atoms. The number of allylic oxidation sites excluding steroid dienone is 1. The minimum atomic E-state index is -0.804. The summed E-state index contributed by atoms with van der Waals surface area (Å²) in [7, 11) is 0. The second-order valence-corrected chi connectivity index (χ2v) is 6.22. The Bertz CT molecular complexity index is 567. The molecule has 0 aromatic heterocycles. The Morgan fingerprint density at radius 1 is 1.48 bits per heavy atom. The zero-order valence-electron chi connectivity index (χ0n) is 13.0. The van der Waals surface area contributed by atoms with Gasteiger partial charge >= 0.3 is 5.97 Å². The van der Waals surface area contributed by atoms with Gasteiger partial charge in [0.2, 0.25) is 0 Å². The zero-order chi connectivity index (χ0) is 15.6. The first-order valence-corrected chi connectivity index (χ1v) is 7.13. The summed E-state index contributed by atoms with van der Waals surface area (Å²) in [5, 5.41) is 9.12. The number of carbonyl (C=O) groups is 1. The topological polar surface area (TPSA) is 55.8 Å². The summed E-state index contributed by atoms with van der Waals surface area (Å²) in [6.45, 7) is 8.30. The highest BCUT2D eigenvalue weighted by atomic mass is 16.5. The van der Waals surface area contributed by atoms with Crippen LogP contribution in [0.5, 0.6) is 11.5 Å². The first-order chi connectivity index (χ1) is 9.80. The lowest BCUT2D eigenvalue weighted by Crippen LogP contribution is -2.24. The van der Waals surface area contributed by atoms with Gasteiger partial charge in [0.25, 0.3) is 0 Å². The number of hydrogen-bond acceptors (Lipinski definition) is 3. The summed E-state index contributed by atoms with van der Waals surface area (Å²) in [6, 6.07) is 5.63. The van der Waals surface area contributed by atoms with E-state index in [1.807, 2.05) is 52.0 Å². The molecule has 0 radical (unpaired) electrons. The lowest BCUT2D eigenvalue weighted by molar-refractivity contribution is -0.137. The van der Waals surface area contributed by atoms with Gasteiger partial charge in [-0.3, -0.25) is 4.79 Å². The van der Waals surface area contributed by atoms with Crippen LogP contribution in [0.4, 0.5) is 0 Å². The summed E-state index contributed by atoms with van der Waals surface area (Å²) in [4.78, 5) is 11.1. The highest BCUT2D eigenvalue weighted by Crippen LogP contribution is 2.41. The fourth-order valence-electron chi connectivity index (χ4n) is 2.51. The van der Waals surface area contributed by atoms with Gasteiger partial charge < -0.3 is 14.6 Å². The molecule has 1 aliphatic heterocycles. The van der Waals surface area contributed by atoms with Crippen molar-refractivity contribution in [2.24, 2.45) is 0 Å². The van der Waals surface area contributed by atoms with Gasteiger partial charge in [0.15, 0.2) is 0 Å². The van der Waals surface area contributed by atoms with E-state index in [2.05, 4.69) is 0 Å². The minimum absolute atomic E-state index is 0.0789. The van der Waals surface area contributed by atoms with E-state index in [0.29, 0.717) is 12.4 Å². The molecule has 0 fully saturated rings. The lowest BCUT2D eigenvalue weighted by atomic mass is 9.86. The number of fused-ring (bicyclic) bond motifs is 1. The number of aliphatic carboxylic acids is 1. The van der Waals surface area contributed by atoms with Gasteiger partial charge in [-0.1, -0.05) is 12.1 Å². The standard InChI is InChI=1S/C17H22O4/c1-5-11-10-20-15-8-12(21-17(2,3)4)6-7-13(15)14(11)9-16(18)19/h5-8,14H,9-10H2,1-4H3,(H,18,19). The number of carboxylic acids is 1. The molecule has 1 aromatic rings. The predicted octanol–water partition coefficient (Wildman–Crippen LogP) is 3.76. The minimum Gasteiger partial charge on any atom is -0.489 e. The van der Waals surface area contributed by atoms with Crippen molar-refractivity contribution in [2.75, 3.05) is 6.61 Å². The Kier molecular flexibility index (Phi) is 4.26. The first-order valence-electron chi connectivity index (χ1n) is 7.13. The van der Waals surface area contributed by atoms with E-state index in [-0.39, 0.29) is 17.9 Å². The van der Waals surface area contributed by atoms with Crippen LogP contribution in [0.15, 0.2) is 29.8 Å². The fourth-order valence-corrected chi connectivity index (χ4v) is 2.51. The maximum atomic E-state index is 11.1. The second kappa shape index (κ2) is 5.80. The molecule has 2 rings (SSSR count). The molecule has 0 amide bonds. The van der Waals surface area contributed by atoms with Crippen molar-refractivity contribution >= 4 is 5.97 Å². The molecule has 1 heterocycles. The van der Waals surface area contributed by atoms with E-state index in [9.17, 15) is 4.79 Å². The number of carboxylic acid groups (broad SMARTS) is 1. The Hall–Kier alpha value is -1.97. The van der Waals surface area contributed by atoms with E-state index in [1.165, 1.54) is 0 Å². The quantitative estimate of drug-likeness (QED) is 0.861. The molecule has 0 saturated carbocycles. The number of benzene rings is 1. The molecule has 4 heteroatoms. The van der Waals surface area contributed by atoms with Gasteiger partial charge in [0.1, 0.15) is 23.7 Å². The summed E-state index contributed by atoms with van der Waals surface area (Å²) in [5.41, 5.74) is 1.64. The maximum Gasteiger partial charge on any atom is 0.304 e. The molecule has 0 spiro atoms. The Labute approximate surface area is 125 Å². The smallest absolute Gasteiger partial charge is 0.304 e. The fraction of sp³-hybridized carbons (Fsp3) is 0.471. The van der Waals surface area contributed by atoms with E-state index >= 15 is 0 Å². The molecule has 114 valence electrons. The summed E-state index contributed by atoms with van der Waals surface area (Å²) >= 11 is 0. The third-order valence-electron chi connectivity index (χ3n) is 3.38. The second-order valence-electron chi connectivity index (χ2n) is 6.22. The molecule has 1 unspecified atom stereocenters. The van der Waals surface area contributed by atoms with Crippen molar-refractivity contribution in [1.82, 2.24) is 0 Å². The molecule has 0 saturated heterocycles. The summed E-state index contributed by atoms with van der Waals surface area (Å²) in [6.07, 6.45) is 2.02. The molecular weight excluding hydrogens is 268 g/mol. The maximum absolute atomic E-state index is 11.1. The van der Waals surface area contributed by atoms with Crippen molar-refractivity contribution < 1.29 is 19.4 Å². The average Bonchev–Trinajstić information content (AvgIpc) is 2.36. The van der Waals surface area contributed by atoms with E-state index in [1.54, 1.807) is 0 Å². The summed E-state index contributed by atoms with van der Waals surface area (Å²) < 4.78 is 11.6. The third-order valence-corrected chi connectivity index (χ3v) is 3.38. The van der Waals surface area contributed by atoms with Gasteiger partial charge in [-0.15, -0.1) is 0 Å². The zero-order valence-corrected chi connectivity index (χ0v) is 13.0. The van der Waals surface area contributed by atoms with E-state index < -0.39 is 5.97 Å². The predicted molar refractivity (Wildman–Crippen MR) is 81.1 cm³/mol. The van der Waals surface area contributed by atoms with Gasteiger partial charge in [0.05, 0.1) is 6.42 Å². The first kappa shape index (κ1) is 15.4. The van der Waals surface area contributed by atoms with Crippen molar-refractivity contribution in [3.63, 3.8) is 0 Å². The van der Waals surface area contributed by atoms with Gasteiger partial charge in [-0.05, 0) is 39.3 Å². The largest absolute Gasteiger partial charge is 0.489 e. The molecule has 1 aliphatic rings.